The van der Waals surface area contributed by atoms with E-state index in [2.05, 4.69) is 8.83 Å². The van der Waals surface area contributed by atoms with Gasteiger partial charge in [-0.2, -0.15) is 4.31 Å². The predicted octanol–water partition coefficient (Wildman–Crippen LogP) is -0.798. The highest BCUT2D eigenvalue weighted by atomic mass is 31.3. The maximum absolute atomic E-state index is 10.9. The monoisotopic (exact) mass is 280 g/mol. The summed E-state index contributed by atoms with van der Waals surface area (Å²) in [6.45, 7) is 0.370. The van der Waals surface area contributed by atoms with Crippen molar-refractivity contribution in [1.29, 1.82) is 0 Å². The summed E-state index contributed by atoms with van der Waals surface area (Å²) in [6.07, 6.45) is -1.26. The van der Waals surface area contributed by atoms with Crippen LogP contribution in [0.1, 0.15) is 6.92 Å². The van der Waals surface area contributed by atoms with E-state index in [1.165, 1.54) is 6.92 Å². The molecule has 0 saturated carbocycles. The number of rotatable bonds is 7. The highest BCUT2D eigenvalue weighted by molar-refractivity contribution is 7.60. The molecule has 0 aliphatic heterocycles. The van der Waals surface area contributed by atoms with Gasteiger partial charge in [0.25, 0.3) is 0 Å². The molecule has 0 bridgehead atoms. The summed E-state index contributed by atoms with van der Waals surface area (Å²) >= 11 is 0. The van der Waals surface area contributed by atoms with Crippen molar-refractivity contribution < 1.29 is 42.9 Å². The number of aliphatic hydroxyl groups excluding tert-OH is 2. The Morgan fingerprint density at radius 3 is 2.12 bits per heavy atom. The van der Waals surface area contributed by atoms with Crippen molar-refractivity contribution in [2.24, 2.45) is 5.92 Å². The molecular formula is C5H14O9P2. The van der Waals surface area contributed by atoms with Crippen LogP contribution in [0.5, 0.6) is 0 Å². The van der Waals surface area contributed by atoms with Crippen LogP contribution in [0.3, 0.4) is 0 Å². The zero-order valence-electron chi connectivity index (χ0n) is 8.33. The third kappa shape index (κ3) is 7.45. The summed E-state index contributed by atoms with van der Waals surface area (Å²) < 4.78 is 28.7. The zero-order valence-corrected chi connectivity index (χ0v) is 10.1. The van der Waals surface area contributed by atoms with Gasteiger partial charge in [0.15, 0.2) is 0 Å². The summed E-state index contributed by atoms with van der Waals surface area (Å²) in [6, 6.07) is 0. The molecule has 0 aromatic rings. The highest BCUT2D eigenvalue weighted by Gasteiger charge is 2.33. The minimum Gasteiger partial charge on any atom is -0.396 e. The largest absolute Gasteiger partial charge is 0.481 e. The van der Waals surface area contributed by atoms with E-state index in [9.17, 15) is 14.2 Å². The van der Waals surface area contributed by atoms with E-state index in [1.807, 2.05) is 0 Å². The molecule has 9 nitrogen and oxygen atoms in total. The number of hydrogen-bond acceptors (Lipinski definition) is 6. The van der Waals surface area contributed by atoms with Gasteiger partial charge in [0.05, 0.1) is 12.7 Å². The lowest BCUT2D eigenvalue weighted by molar-refractivity contribution is 0.0278. The Balaban J connectivity index is 4.19. The fourth-order valence-electron chi connectivity index (χ4n) is 0.614. The molecule has 0 fully saturated rings. The molecule has 0 spiro atoms. The fraction of sp³-hybridized carbons (Fsp3) is 1.00. The molecule has 0 aliphatic rings. The van der Waals surface area contributed by atoms with Crippen molar-refractivity contribution in [1.82, 2.24) is 0 Å². The van der Waals surface area contributed by atoms with Gasteiger partial charge < -0.3 is 24.9 Å². The quantitative estimate of drug-likeness (QED) is 0.377. The van der Waals surface area contributed by atoms with Crippen molar-refractivity contribution in [3.05, 3.63) is 0 Å². The highest BCUT2D eigenvalue weighted by Crippen LogP contribution is 2.57. The summed E-state index contributed by atoms with van der Waals surface area (Å²) in [5.41, 5.74) is 0. The normalized spacial score (nSPS) is 20.1. The van der Waals surface area contributed by atoms with Crippen LogP contribution in [0.4, 0.5) is 0 Å². The van der Waals surface area contributed by atoms with Crippen molar-refractivity contribution in [2.45, 2.75) is 13.0 Å². The van der Waals surface area contributed by atoms with Gasteiger partial charge >= 0.3 is 15.6 Å². The second-order valence-corrected chi connectivity index (χ2v) is 5.89. The fourth-order valence-corrected chi connectivity index (χ4v) is 2.22. The van der Waals surface area contributed by atoms with E-state index in [0.717, 1.165) is 0 Å². The molecule has 0 amide bonds. The lowest BCUT2D eigenvalue weighted by Gasteiger charge is -2.18. The van der Waals surface area contributed by atoms with Crippen LogP contribution < -0.4 is 0 Å². The number of phosphoric ester groups is 1. The molecular weight excluding hydrogens is 266 g/mol. The third-order valence-electron chi connectivity index (χ3n) is 1.56. The number of phosphoric acid groups is 2. The zero-order chi connectivity index (χ0) is 13.0. The Hall–Kier alpha value is 0.180. The van der Waals surface area contributed by atoms with Crippen molar-refractivity contribution in [2.75, 3.05) is 13.2 Å². The number of hydrogen-bond donors (Lipinski definition) is 5. The Kier molecular flexibility index (Phi) is 6.27. The first kappa shape index (κ1) is 16.2. The maximum Gasteiger partial charge on any atom is 0.481 e. The molecule has 2 unspecified atom stereocenters. The van der Waals surface area contributed by atoms with E-state index in [1.54, 1.807) is 0 Å². The summed E-state index contributed by atoms with van der Waals surface area (Å²) in [5.74, 6) is -0.616. The van der Waals surface area contributed by atoms with Crippen LogP contribution in [-0.2, 0) is 18.0 Å². The van der Waals surface area contributed by atoms with Crippen LogP contribution in [0.25, 0.3) is 0 Å². The minimum atomic E-state index is -5.15. The second kappa shape index (κ2) is 6.20. The van der Waals surface area contributed by atoms with E-state index >= 15 is 0 Å². The first-order valence-electron chi connectivity index (χ1n) is 4.10. The Bertz CT molecular complexity index is 298. The van der Waals surface area contributed by atoms with Gasteiger partial charge in [-0.05, 0) is 0 Å². The van der Waals surface area contributed by atoms with E-state index in [4.69, 9.17) is 19.8 Å². The minimum absolute atomic E-state index is 0.375. The predicted molar refractivity (Wildman–Crippen MR) is 51.2 cm³/mol. The molecule has 0 aromatic carbocycles. The van der Waals surface area contributed by atoms with Gasteiger partial charge in [-0.1, -0.05) is 6.92 Å². The maximum atomic E-state index is 10.9. The van der Waals surface area contributed by atoms with Crippen LogP contribution in [0, 0.1) is 5.92 Å². The van der Waals surface area contributed by atoms with Crippen LogP contribution in [0.2, 0.25) is 0 Å². The molecule has 0 aromatic heterocycles. The van der Waals surface area contributed by atoms with E-state index in [0.29, 0.717) is 0 Å². The van der Waals surface area contributed by atoms with Crippen LogP contribution in [-0.4, -0.2) is 44.2 Å². The summed E-state index contributed by atoms with van der Waals surface area (Å²) in [7, 11) is -10.1. The molecule has 16 heavy (non-hydrogen) atoms. The molecule has 11 heteroatoms. The van der Waals surface area contributed by atoms with Crippen molar-refractivity contribution >= 4 is 15.6 Å². The number of aliphatic hydroxyl groups is 2. The molecule has 5 N–H and O–H groups in total. The smallest absolute Gasteiger partial charge is 0.396 e. The molecule has 0 saturated heterocycles. The van der Waals surface area contributed by atoms with Gasteiger partial charge in [-0.25, -0.2) is 9.13 Å². The SMILES string of the molecule is CC(CO)[C@H](O)COP(=O)(O)OP(=O)(O)O. The average Bonchev–Trinajstić information content (AvgIpc) is 2.09. The first-order chi connectivity index (χ1) is 7.07. The second-order valence-electron chi connectivity index (χ2n) is 3.06. The summed E-state index contributed by atoms with van der Waals surface area (Å²) in [4.78, 5) is 25.3. The summed E-state index contributed by atoms with van der Waals surface area (Å²) in [5, 5.41) is 17.8. The molecule has 3 atom stereocenters. The standard InChI is InChI=1S/C5H14O9P2/c1-4(2-6)5(7)3-13-16(11,12)14-15(8,9)10/h4-7H,2-3H2,1H3,(H,11,12)(H2,8,9,10)/t4?,5-/m1/s1. The van der Waals surface area contributed by atoms with Crippen molar-refractivity contribution in [3.8, 4) is 0 Å². The van der Waals surface area contributed by atoms with Crippen LogP contribution in [0.15, 0.2) is 0 Å². The Morgan fingerprint density at radius 1 is 1.25 bits per heavy atom. The molecule has 0 radical (unpaired) electrons. The van der Waals surface area contributed by atoms with Gasteiger partial charge in [0.2, 0.25) is 0 Å². The van der Waals surface area contributed by atoms with Crippen LogP contribution >= 0.6 is 15.6 Å². The average molecular weight is 280 g/mol. The molecule has 0 aliphatic carbocycles. The Morgan fingerprint density at radius 2 is 1.75 bits per heavy atom. The third-order valence-corrected chi connectivity index (χ3v) is 3.71. The van der Waals surface area contributed by atoms with E-state index in [-0.39, 0.29) is 6.61 Å². The van der Waals surface area contributed by atoms with Gasteiger partial charge in [-0.15, -0.1) is 0 Å². The van der Waals surface area contributed by atoms with Gasteiger partial charge in [-0.3, -0.25) is 4.52 Å². The molecule has 0 heterocycles. The van der Waals surface area contributed by atoms with E-state index < -0.39 is 34.3 Å². The van der Waals surface area contributed by atoms with Crippen molar-refractivity contribution in [3.63, 3.8) is 0 Å². The topological polar surface area (TPSA) is 154 Å². The molecule has 0 rings (SSSR count). The lowest BCUT2D eigenvalue weighted by atomic mass is 10.1. The van der Waals surface area contributed by atoms with Gasteiger partial charge in [0.1, 0.15) is 0 Å². The van der Waals surface area contributed by atoms with Gasteiger partial charge in [0, 0.05) is 12.5 Å². The Labute approximate surface area is 91.5 Å². The molecule has 98 valence electrons. The lowest BCUT2D eigenvalue weighted by Crippen LogP contribution is -2.25. The first-order valence-corrected chi connectivity index (χ1v) is 7.13.